The number of ether oxygens (including phenoxy) is 2. The van der Waals surface area contributed by atoms with Crippen molar-refractivity contribution in [1.82, 2.24) is 0 Å². The maximum atomic E-state index is 12.2. The third-order valence-electron chi connectivity index (χ3n) is 13.6. The average Bonchev–Trinajstić information content (AvgIpc) is 3.41. The fourth-order valence-electron chi connectivity index (χ4n) is 12.0. The summed E-state index contributed by atoms with van der Waals surface area (Å²) in [6.45, 7) is 14.7. The summed E-state index contributed by atoms with van der Waals surface area (Å²) in [5, 5.41) is 23.0. The van der Waals surface area contributed by atoms with Crippen LogP contribution in [0.1, 0.15) is 113 Å². The molecule has 6 aliphatic rings. The summed E-state index contributed by atoms with van der Waals surface area (Å²) in [5.41, 5.74) is 0.0185. The normalized spacial score (nSPS) is 53.7. The number of rotatable bonds is 3. The number of esters is 1. The summed E-state index contributed by atoms with van der Waals surface area (Å²) >= 11 is 0. The van der Waals surface area contributed by atoms with Gasteiger partial charge in [0.05, 0.1) is 23.9 Å². The molecule has 11 atom stereocenters. The number of aliphatic hydroxyl groups excluding tert-OH is 1. The Morgan fingerprint density at radius 1 is 0.972 bits per heavy atom. The summed E-state index contributed by atoms with van der Waals surface area (Å²) in [6, 6.07) is 0. The van der Waals surface area contributed by atoms with Crippen molar-refractivity contribution in [2.24, 2.45) is 44.8 Å². The lowest BCUT2D eigenvalue weighted by Gasteiger charge is -2.62. The highest BCUT2D eigenvalue weighted by Crippen LogP contribution is 2.89. The number of hydrogen-bond donors (Lipinski definition) is 2. The second-order valence-electron chi connectivity index (χ2n) is 15.7. The van der Waals surface area contributed by atoms with Gasteiger partial charge in [-0.25, -0.2) is 0 Å². The topological polar surface area (TPSA) is 76.0 Å². The molecule has 5 heteroatoms. The van der Waals surface area contributed by atoms with Gasteiger partial charge in [0.25, 0.3) is 0 Å². The quantitative estimate of drug-likeness (QED) is 0.488. The van der Waals surface area contributed by atoms with E-state index in [4.69, 9.17) is 9.47 Å². The Kier molecular flexibility index (Phi) is 5.34. The highest BCUT2D eigenvalue weighted by Gasteiger charge is 2.83. The van der Waals surface area contributed by atoms with Gasteiger partial charge in [-0.15, -0.1) is 0 Å². The van der Waals surface area contributed by atoms with Crippen LogP contribution in [0.3, 0.4) is 0 Å². The van der Waals surface area contributed by atoms with Gasteiger partial charge in [0.1, 0.15) is 0 Å². The molecule has 2 N–H and O–H groups in total. The lowest BCUT2D eigenvalue weighted by atomic mass is 9.42. The molecular formula is C31H50O5. The van der Waals surface area contributed by atoms with E-state index in [2.05, 4.69) is 27.7 Å². The van der Waals surface area contributed by atoms with Crippen LogP contribution in [-0.4, -0.2) is 46.2 Å². The Labute approximate surface area is 218 Å². The zero-order chi connectivity index (χ0) is 26.1. The van der Waals surface area contributed by atoms with Gasteiger partial charge in [0.15, 0.2) is 6.10 Å². The van der Waals surface area contributed by atoms with Crippen LogP contribution in [0, 0.1) is 44.8 Å². The zero-order valence-corrected chi connectivity index (χ0v) is 23.7. The van der Waals surface area contributed by atoms with Crippen LogP contribution in [-0.2, 0) is 14.3 Å². The molecule has 36 heavy (non-hydrogen) atoms. The number of hydrogen-bond acceptors (Lipinski definition) is 5. The minimum atomic E-state index is -1.20. The molecule has 0 aromatic carbocycles. The Hall–Kier alpha value is -0.650. The SMILES string of the molecule is CC(=O)O[C@@H](C1CCC2C(O1)[C@H](O)[C@@]1(C)C3CCC4C(C)(C)CCCC45CC35CC[C@]21C)C(C)(C)O. The predicted molar refractivity (Wildman–Crippen MR) is 138 cm³/mol. The first-order valence-corrected chi connectivity index (χ1v) is 14.9. The molecule has 0 aromatic rings. The van der Waals surface area contributed by atoms with E-state index in [1.54, 1.807) is 13.8 Å². The minimum absolute atomic E-state index is 0.0461. The molecule has 0 radical (unpaired) electrons. The van der Waals surface area contributed by atoms with E-state index in [9.17, 15) is 15.0 Å². The molecule has 7 unspecified atom stereocenters. The van der Waals surface area contributed by atoms with E-state index in [-0.39, 0.29) is 16.9 Å². The minimum Gasteiger partial charge on any atom is -0.457 e. The van der Waals surface area contributed by atoms with Gasteiger partial charge in [-0.2, -0.15) is 0 Å². The van der Waals surface area contributed by atoms with Gasteiger partial charge in [0.2, 0.25) is 0 Å². The Morgan fingerprint density at radius 3 is 2.31 bits per heavy atom. The van der Waals surface area contributed by atoms with Crippen molar-refractivity contribution in [2.75, 3.05) is 0 Å². The first kappa shape index (κ1) is 25.6. The fourth-order valence-corrected chi connectivity index (χ4v) is 12.0. The largest absolute Gasteiger partial charge is 0.457 e. The van der Waals surface area contributed by atoms with E-state index < -0.39 is 29.9 Å². The average molecular weight is 503 g/mol. The molecular weight excluding hydrogens is 452 g/mol. The van der Waals surface area contributed by atoms with Crippen LogP contribution >= 0.6 is 0 Å². The van der Waals surface area contributed by atoms with Crippen molar-refractivity contribution in [2.45, 2.75) is 143 Å². The van der Waals surface area contributed by atoms with Crippen molar-refractivity contribution < 1.29 is 24.5 Å². The molecule has 5 nitrogen and oxygen atoms in total. The number of aliphatic hydroxyl groups is 2. The molecule has 6 rings (SSSR count). The van der Waals surface area contributed by atoms with Crippen molar-refractivity contribution >= 4 is 5.97 Å². The maximum Gasteiger partial charge on any atom is 0.303 e. The molecule has 0 amide bonds. The lowest BCUT2D eigenvalue weighted by Crippen LogP contribution is -2.58. The Bertz CT molecular complexity index is 938. The van der Waals surface area contributed by atoms with Crippen molar-refractivity contribution in [1.29, 1.82) is 0 Å². The van der Waals surface area contributed by atoms with Gasteiger partial charge in [-0.3, -0.25) is 4.79 Å². The molecule has 1 heterocycles. The van der Waals surface area contributed by atoms with Gasteiger partial charge < -0.3 is 19.7 Å². The standard InChI is InChI=1S/C31H50O5/c1-18(32)35-25(27(4,5)34)20-10-9-19-23(36-20)24(33)29(7)22-12-11-21-26(2,3)13-8-14-30(21)17-31(22,30)16-15-28(19,29)6/h19-25,33-34H,8-17H2,1-7H3/t19?,20?,21?,22?,23?,24-,25-,28+,29+,30?,31?/m0/s1. The second kappa shape index (κ2) is 7.50. The van der Waals surface area contributed by atoms with Gasteiger partial charge in [0, 0.05) is 12.3 Å². The molecule has 0 bridgehead atoms. The van der Waals surface area contributed by atoms with Crippen molar-refractivity contribution in [3.63, 3.8) is 0 Å². The third-order valence-corrected chi connectivity index (χ3v) is 13.6. The van der Waals surface area contributed by atoms with Crippen LogP contribution in [0.15, 0.2) is 0 Å². The van der Waals surface area contributed by atoms with E-state index in [1.807, 2.05) is 0 Å². The van der Waals surface area contributed by atoms with Crippen LogP contribution in [0.4, 0.5) is 0 Å². The molecule has 1 saturated heterocycles. The Morgan fingerprint density at radius 2 is 1.64 bits per heavy atom. The van der Waals surface area contributed by atoms with Gasteiger partial charge in [-0.1, -0.05) is 34.1 Å². The number of carbonyl (C=O) groups excluding carboxylic acids is 1. The van der Waals surface area contributed by atoms with E-state index >= 15 is 0 Å². The molecule has 0 aromatic heterocycles. The molecule has 5 saturated carbocycles. The van der Waals surface area contributed by atoms with E-state index in [0.717, 1.165) is 18.8 Å². The smallest absolute Gasteiger partial charge is 0.303 e. The summed E-state index contributed by atoms with van der Waals surface area (Å²) in [5.74, 6) is 1.29. The van der Waals surface area contributed by atoms with Crippen LogP contribution in [0.25, 0.3) is 0 Å². The molecule has 204 valence electrons. The fraction of sp³-hybridized carbons (Fsp3) is 0.968. The van der Waals surface area contributed by atoms with Crippen molar-refractivity contribution in [3.8, 4) is 0 Å². The van der Waals surface area contributed by atoms with Crippen molar-refractivity contribution in [3.05, 3.63) is 0 Å². The van der Waals surface area contributed by atoms with E-state index in [0.29, 0.717) is 28.1 Å². The second-order valence-corrected chi connectivity index (χ2v) is 15.7. The number of fused-ring (bicyclic) bond motifs is 4. The van der Waals surface area contributed by atoms with E-state index in [1.165, 1.54) is 58.3 Å². The summed E-state index contributed by atoms with van der Waals surface area (Å²) in [4.78, 5) is 11.9. The molecule has 5 aliphatic carbocycles. The zero-order valence-electron chi connectivity index (χ0n) is 23.7. The summed E-state index contributed by atoms with van der Waals surface area (Å²) in [6.07, 6.45) is 10.3. The monoisotopic (exact) mass is 502 g/mol. The first-order chi connectivity index (χ1) is 16.6. The third kappa shape index (κ3) is 2.97. The van der Waals surface area contributed by atoms with Gasteiger partial charge >= 0.3 is 5.97 Å². The highest BCUT2D eigenvalue weighted by molar-refractivity contribution is 5.66. The van der Waals surface area contributed by atoms with Crippen LogP contribution in [0.5, 0.6) is 0 Å². The molecule has 6 fully saturated rings. The van der Waals surface area contributed by atoms with Crippen LogP contribution < -0.4 is 0 Å². The summed E-state index contributed by atoms with van der Waals surface area (Å²) in [7, 11) is 0. The molecule has 2 spiro atoms. The predicted octanol–water partition coefficient (Wildman–Crippen LogP) is 5.65. The number of carbonyl (C=O) groups is 1. The summed E-state index contributed by atoms with van der Waals surface area (Å²) < 4.78 is 12.3. The first-order valence-electron chi connectivity index (χ1n) is 14.9. The highest BCUT2D eigenvalue weighted by atomic mass is 16.6. The van der Waals surface area contributed by atoms with Crippen LogP contribution in [0.2, 0.25) is 0 Å². The maximum absolute atomic E-state index is 12.2. The lowest BCUT2D eigenvalue weighted by molar-refractivity contribution is -0.209. The Balaban J connectivity index is 1.32. The molecule has 1 aliphatic heterocycles. The van der Waals surface area contributed by atoms with Gasteiger partial charge in [-0.05, 0) is 111 Å².